The Balaban J connectivity index is 1.71. The molecule has 0 fully saturated rings. The Hall–Kier alpha value is -3.16. The molecule has 2 rings (SSSR count). The summed E-state index contributed by atoms with van der Waals surface area (Å²) in [4.78, 5) is 30.9. The summed E-state index contributed by atoms with van der Waals surface area (Å²) in [5.41, 5.74) is 6.01. The third-order valence-electron chi connectivity index (χ3n) is 3.23. The van der Waals surface area contributed by atoms with Gasteiger partial charge in [-0.05, 0) is 30.7 Å². The van der Waals surface area contributed by atoms with E-state index in [2.05, 4.69) is 20.6 Å². The lowest BCUT2D eigenvalue weighted by atomic mass is 10.1. The molecular weight excluding hydrogens is 310 g/mol. The highest BCUT2D eigenvalue weighted by molar-refractivity contribution is 5.97. The highest BCUT2D eigenvalue weighted by Crippen LogP contribution is 2.09. The van der Waals surface area contributed by atoms with E-state index in [1.54, 1.807) is 18.2 Å². The van der Waals surface area contributed by atoms with Crippen LogP contribution in [-0.2, 0) is 0 Å². The van der Waals surface area contributed by atoms with Crippen molar-refractivity contribution in [2.24, 2.45) is 5.73 Å². The fraction of sp³-hybridized carbons (Fsp3) is 0.250. The summed E-state index contributed by atoms with van der Waals surface area (Å²) in [6, 6.07) is 7.89. The number of nitrogens with one attached hydrogen (secondary N) is 2. The van der Waals surface area contributed by atoms with Crippen molar-refractivity contribution < 1.29 is 14.3 Å². The zero-order chi connectivity index (χ0) is 17.4. The van der Waals surface area contributed by atoms with E-state index in [9.17, 15) is 9.59 Å². The van der Waals surface area contributed by atoms with Crippen molar-refractivity contribution in [2.45, 2.75) is 6.42 Å². The molecule has 0 aliphatic rings. The van der Waals surface area contributed by atoms with Gasteiger partial charge in [0.1, 0.15) is 12.1 Å². The van der Waals surface area contributed by atoms with Crippen molar-refractivity contribution in [3.8, 4) is 5.88 Å². The number of nitrogens with two attached hydrogens (primary N) is 1. The summed E-state index contributed by atoms with van der Waals surface area (Å²) in [7, 11) is 1.54. The Morgan fingerprint density at radius 3 is 2.50 bits per heavy atom. The molecule has 1 heterocycles. The fourth-order valence-corrected chi connectivity index (χ4v) is 1.94. The van der Waals surface area contributed by atoms with E-state index in [0.717, 1.165) is 6.42 Å². The van der Waals surface area contributed by atoms with Crippen molar-refractivity contribution in [1.82, 2.24) is 15.3 Å². The number of aromatic nitrogens is 2. The molecule has 0 aliphatic carbocycles. The number of hydrogen-bond donors (Lipinski definition) is 3. The predicted molar refractivity (Wildman–Crippen MR) is 89.0 cm³/mol. The Labute approximate surface area is 139 Å². The maximum absolute atomic E-state index is 12.0. The number of ether oxygens (including phenoxy) is 1. The summed E-state index contributed by atoms with van der Waals surface area (Å²) in [6.45, 7) is 1.15. The number of anilines is 1. The van der Waals surface area contributed by atoms with E-state index in [0.29, 0.717) is 35.9 Å². The van der Waals surface area contributed by atoms with Gasteiger partial charge in [-0.2, -0.15) is 0 Å². The Kier molecular flexibility index (Phi) is 6.07. The maximum Gasteiger partial charge on any atom is 0.251 e. The summed E-state index contributed by atoms with van der Waals surface area (Å²) in [5, 5.41) is 5.92. The van der Waals surface area contributed by atoms with Crippen LogP contribution in [-0.4, -0.2) is 42.0 Å². The zero-order valence-corrected chi connectivity index (χ0v) is 13.3. The summed E-state index contributed by atoms with van der Waals surface area (Å²) in [5.74, 6) is 0.430. The monoisotopic (exact) mass is 329 g/mol. The van der Waals surface area contributed by atoms with E-state index >= 15 is 0 Å². The summed E-state index contributed by atoms with van der Waals surface area (Å²) >= 11 is 0. The zero-order valence-electron chi connectivity index (χ0n) is 13.3. The molecule has 0 aliphatic heterocycles. The van der Waals surface area contributed by atoms with Gasteiger partial charge in [0.15, 0.2) is 0 Å². The lowest BCUT2D eigenvalue weighted by Gasteiger charge is -2.08. The number of hydrogen-bond acceptors (Lipinski definition) is 6. The van der Waals surface area contributed by atoms with Gasteiger partial charge in [-0.1, -0.05) is 0 Å². The lowest BCUT2D eigenvalue weighted by molar-refractivity contribution is 0.0950. The molecule has 0 atom stereocenters. The number of carbonyl (C=O) groups is 2. The molecule has 0 unspecified atom stereocenters. The first kappa shape index (κ1) is 17.2. The highest BCUT2D eigenvalue weighted by atomic mass is 16.5. The van der Waals surface area contributed by atoms with Crippen LogP contribution in [0.1, 0.15) is 27.1 Å². The number of carbonyl (C=O) groups excluding carboxylic acids is 2. The minimum absolute atomic E-state index is 0.199. The van der Waals surface area contributed by atoms with E-state index in [-0.39, 0.29) is 5.91 Å². The highest BCUT2D eigenvalue weighted by Gasteiger charge is 2.06. The quantitative estimate of drug-likeness (QED) is 0.617. The van der Waals surface area contributed by atoms with Crippen molar-refractivity contribution in [3.63, 3.8) is 0 Å². The van der Waals surface area contributed by atoms with Crippen LogP contribution in [0, 0.1) is 0 Å². The minimum atomic E-state index is -0.519. The summed E-state index contributed by atoms with van der Waals surface area (Å²) in [6.07, 6.45) is 2.14. The number of primary amides is 1. The van der Waals surface area contributed by atoms with Gasteiger partial charge in [0.05, 0.1) is 7.11 Å². The molecule has 2 aromatic rings. The molecule has 126 valence electrons. The Morgan fingerprint density at radius 2 is 1.83 bits per heavy atom. The van der Waals surface area contributed by atoms with Gasteiger partial charge in [0.2, 0.25) is 11.8 Å². The van der Waals surface area contributed by atoms with E-state index < -0.39 is 5.91 Å². The molecule has 2 amide bonds. The molecule has 4 N–H and O–H groups in total. The van der Waals surface area contributed by atoms with Crippen molar-refractivity contribution in [2.75, 3.05) is 25.5 Å². The lowest BCUT2D eigenvalue weighted by Crippen LogP contribution is -2.26. The average molecular weight is 329 g/mol. The topological polar surface area (TPSA) is 119 Å². The first-order valence-corrected chi connectivity index (χ1v) is 7.38. The molecule has 8 nitrogen and oxygen atoms in total. The van der Waals surface area contributed by atoms with Crippen molar-refractivity contribution in [3.05, 3.63) is 47.8 Å². The van der Waals surface area contributed by atoms with Gasteiger partial charge >= 0.3 is 0 Å². The van der Waals surface area contributed by atoms with Crippen molar-refractivity contribution >= 4 is 17.6 Å². The van der Waals surface area contributed by atoms with Gasteiger partial charge in [0.25, 0.3) is 5.91 Å². The first-order chi connectivity index (χ1) is 11.6. The van der Waals surface area contributed by atoms with Crippen LogP contribution in [0.3, 0.4) is 0 Å². The Bertz CT molecular complexity index is 703. The number of rotatable bonds is 8. The SMILES string of the molecule is COc1cc(NCCCNC(=O)c2ccc(C(N)=O)cc2)ncn1. The number of amides is 2. The fourth-order valence-electron chi connectivity index (χ4n) is 1.94. The predicted octanol–water partition coefficient (Wildman–Crippen LogP) is 0.816. The largest absolute Gasteiger partial charge is 0.481 e. The molecule has 24 heavy (non-hydrogen) atoms. The molecule has 1 aromatic carbocycles. The first-order valence-electron chi connectivity index (χ1n) is 7.38. The average Bonchev–Trinajstić information content (AvgIpc) is 2.61. The van der Waals surface area contributed by atoms with Gasteiger partial charge < -0.3 is 21.1 Å². The van der Waals surface area contributed by atoms with Crippen molar-refractivity contribution in [1.29, 1.82) is 0 Å². The van der Waals surface area contributed by atoms with Gasteiger partial charge in [-0.25, -0.2) is 9.97 Å². The molecule has 0 radical (unpaired) electrons. The molecule has 0 bridgehead atoms. The molecule has 0 saturated heterocycles. The standard InChI is InChI=1S/C16H19N5O3/c1-24-14-9-13(20-10-21-14)18-7-2-8-19-16(23)12-5-3-11(4-6-12)15(17)22/h3-6,9-10H,2,7-8H2,1H3,(H2,17,22)(H,19,23)(H,18,20,21). The molecule has 8 heteroatoms. The maximum atomic E-state index is 12.0. The normalized spacial score (nSPS) is 10.0. The Morgan fingerprint density at radius 1 is 1.12 bits per heavy atom. The number of benzene rings is 1. The summed E-state index contributed by atoms with van der Waals surface area (Å²) < 4.78 is 5.01. The van der Waals surface area contributed by atoms with Crippen LogP contribution in [0.5, 0.6) is 5.88 Å². The second-order valence-corrected chi connectivity index (χ2v) is 4.92. The third kappa shape index (κ3) is 4.94. The molecule has 1 aromatic heterocycles. The van der Waals surface area contributed by atoms with Gasteiger partial charge in [-0.15, -0.1) is 0 Å². The van der Waals surface area contributed by atoms with Crippen LogP contribution >= 0.6 is 0 Å². The smallest absolute Gasteiger partial charge is 0.251 e. The van der Waals surface area contributed by atoms with E-state index in [4.69, 9.17) is 10.5 Å². The minimum Gasteiger partial charge on any atom is -0.481 e. The van der Waals surface area contributed by atoms with E-state index in [1.807, 2.05) is 0 Å². The van der Waals surface area contributed by atoms with Gasteiger partial charge in [-0.3, -0.25) is 9.59 Å². The number of nitrogens with zero attached hydrogens (tertiary/aromatic N) is 2. The second-order valence-electron chi connectivity index (χ2n) is 4.92. The van der Waals surface area contributed by atoms with Crippen LogP contribution in [0.15, 0.2) is 36.7 Å². The van der Waals surface area contributed by atoms with Crippen LogP contribution < -0.4 is 21.1 Å². The molecule has 0 saturated carbocycles. The van der Waals surface area contributed by atoms with Crippen LogP contribution in [0.4, 0.5) is 5.82 Å². The molecule has 0 spiro atoms. The van der Waals surface area contributed by atoms with Gasteiger partial charge in [0, 0.05) is 30.3 Å². The van der Waals surface area contributed by atoms with E-state index in [1.165, 1.54) is 25.6 Å². The number of methoxy groups -OCH3 is 1. The van der Waals surface area contributed by atoms with Crippen LogP contribution in [0.25, 0.3) is 0 Å². The second kappa shape index (κ2) is 8.47. The van der Waals surface area contributed by atoms with Crippen LogP contribution in [0.2, 0.25) is 0 Å². The third-order valence-corrected chi connectivity index (χ3v) is 3.23. The molecular formula is C16H19N5O3.